The van der Waals surface area contributed by atoms with Crippen LogP contribution in [-0.4, -0.2) is 25.0 Å². The minimum Gasteiger partial charge on any atom is -0.307 e. The molecule has 0 aromatic carbocycles. The van der Waals surface area contributed by atoms with Crippen LogP contribution >= 0.6 is 0 Å². The molecular formula is C13H29N. The number of hydrogen-bond donors (Lipinski definition) is 0. The summed E-state index contributed by atoms with van der Waals surface area (Å²) in [7, 11) is 2.21. The minimum atomic E-state index is 0.569. The molecule has 0 saturated carbocycles. The van der Waals surface area contributed by atoms with Gasteiger partial charge in [0.05, 0.1) is 0 Å². The third-order valence-corrected chi connectivity index (χ3v) is 3.11. The molecule has 1 heteroatoms. The van der Waals surface area contributed by atoms with Crippen molar-refractivity contribution in [3.05, 3.63) is 0 Å². The molecule has 0 aliphatic carbocycles. The van der Waals surface area contributed by atoms with E-state index >= 15 is 0 Å². The predicted octanol–water partition coefficient (Wildman–Crippen LogP) is 3.93. The molecule has 0 aromatic heterocycles. The SMILES string of the molecule is CCCC(C)(C)CCCCN(C)CC. The van der Waals surface area contributed by atoms with Gasteiger partial charge in [-0.15, -0.1) is 0 Å². The standard InChI is InChI=1S/C13H29N/c1-6-10-13(3,4)11-8-9-12-14(5)7-2/h6-12H2,1-5H3. The van der Waals surface area contributed by atoms with Gasteiger partial charge < -0.3 is 4.90 Å². The van der Waals surface area contributed by atoms with Crippen LogP contribution in [-0.2, 0) is 0 Å². The molecule has 0 saturated heterocycles. The summed E-state index contributed by atoms with van der Waals surface area (Å²) in [5.41, 5.74) is 0.569. The Labute approximate surface area is 90.9 Å². The van der Waals surface area contributed by atoms with Gasteiger partial charge in [-0.3, -0.25) is 0 Å². The topological polar surface area (TPSA) is 3.24 Å². The van der Waals surface area contributed by atoms with Gasteiger partial charge in [-0.1, -0.05) is 40.5 Å². The molecule has 0 radical (unpaired) electrons. The van der Waals surface area contributed by atoms with E-state index in [4.69, 9.17) is 0 Å². The molecule has 0 unspecified atom stereocenters. The van der Waals surface area contributed by atoms with Crippen LogP contribution in [0.15, 0.2) is 0 Å². The summed E-state index contributed by atoms with van der Waals surface area (Å²) in [6.07, 6.45) is 6.83. The monoisotopic (exact) mass is 199 g/mol. The van der Waals surface area contributed by atoms with Crippen molar-refractivity contribution < 1.29 is 0 Å². The molecule has 0 rings (SSSR count). The first-order valence-corrected chi connectivity index (χ1v) is 6.20. The number of hydrogen-bond acceptors (Lipinski definition) is 1. The van der Waals surface area contributed by atoms with E-state index < -0.39 is 0 Å². The quantitative estimate of drug-likeness (QED) is 0.535. The van der Waals surface area contributed by atoms with Crippen molar-refractivity contribution in [2.24, 2.45) is 5.41 Å². The summed E-state index contributed by atoms with van der Waals surface area (Å²) >= 11 is 0. The first-order chi connectivity index (χ1) is 6.52. The maximum Gasteiger partial charge on any atom is -0.00219 e. The summed E-state index contributed by atoms with van der Waals surface area (Å²) in [6.45, 7) is 11.8. The molecule has 0 bridgehead atoms. The molecule has 0 atom stereocenters. The largest absolute Gasteiger partial charge is 0.307 e. The molecule has 86 valence electrons. The first kappa shape index (κ1) is 14.0. The van der Waals surface area contributed by atoms with Crippen molar-refractivity contribution >= 4 is 0 Å². The Morgan fingerprint density at radius 1 is 1.00 bits per heavy atom. The smallest absolute Gasteiger partial charge is 0.00219 e. The van der Waals surface area contributed by atoms with Gasteiger partial charge in [-0.2, -0.15) is 0 Å². The Kier molecular flexibility index (Phi) is 7.26. The molecular weight excluding hydrogens is 170 g/mol. The maximum absolute atomic E-state index is 2.40. The molecule has 0 aliphatic heterocycles. The van der Waals surface area contributed by atoms with Crippen molar-refractivity contribution in [1.82, 2.24) is 4.90 Å². The van der Waals surface area contributed by atoms with E-state index in [1.54, 1.807) is 0 Å². The lowest BCUT2D eigenvalue weighted by Gasteiger charge is -2.24. The van der Waals surface area contributed by atoms with E-state index in [1.165, 1.54) is 45.2 Å². The molecule has 0 aliphatic rings. The normalized spacial score (nSPS) is 12.4. The Morgan fingerprint density at radius 3 is 2.14 bits per heavy atom. The van der Waals surface area contributed by atoms with E-state index in [2.05, 4.69) is 39.6 Å². The fraction of sp³-hybridized carbons (Fsp3) is 1.00. The highest BCUT2D eigenvalue weighted by Crippen LogP contribution is 2.28. The van der Waals surface area contributed by atoms with Crippen LogP contribution in [0.1, 0.15) is 59.8 Å². The molecule has 0 aromatic rings. The highest BCUT2D eigenvalue weighted by molar-refractivity contribution is 4.67. The van der Waals surface area contributed by atoms with Gasteiger partial charge in [0.1, 0.15) is 0 Å². The van der Waals surface area contributed by atoms with Gasteiger partial charge in [-0.05, 0) is 44.8 Å². The Balaban J connectivity index is 3.43. The zero-order valence-corrected chi connectivity index (χ0v) is 10.9. The lowest BCUT2D eigenvalue weighted by atomic mass is 9.83. The Bertz CT molecular complexity index is 129. The van der Waals surface area contributed by atoms with Gasteiger partial charge in [-0.25, -0.2) is 0 Å². The van der Waals surface area contributed by atoms with Crippen LogP contribution in [0.3, 0.4) is 0 Å². The number of nitrogens with zero attached hydrogens (tertiary/aromatic N) is 1. The molecule has 1 nitrogen and oxygen atoms in total. The van der Waals surface area contributed by atoms with Crippen molar-refractivity contribution in [1.29, 1.82) is 0 Å². The fourth-order valence-electron chi connectivity index (χ4n) is 1.95. The molecule has 0 fully saturated rings. The Hall–Kier alpha value is -0.0400. The second-order valence-corrected chi connectivity index (χ2v) is 5.27. The third kappa shape index (κ3) is 7.37. The highest BCUT2D eigenvalue weighted by Gasteiger charge is 2.15. The Morgan fingerprint density at radius 2 is 1.64 bits per heavy atom. The number of unbranched alkanes of at least 4 members (excludes halogenated alkanes) is 1. The zero-order chi connectivity index (χ0) is 11.0. The average molecular weight is 199 g/mol. The van der Waals surface area contributed by atoms with Crippen LogP contribution < -0.4 is 0 Å². The van der Waals surface area contributed by atoms with Gasteiger partial charge in [0, 0.05) is 0 Å². The van der Waals surface area contributed by atoms with E-state index in [-0.39, 0.29) is 0 Å². The lowest BCUT2D eigenvalue weighted by molar-refractivity contribution is 0.276. The van der Waals surface area contributed by atoms with Crippen molar-refractivity contribution in [2.45, 2.75) is 59.8 Å². The molecule has 0 heterocycles. The molecule has 14 heavy (non-hydrogen) atoms. The first-order valence-electron chi connectivity index (χ1n) is 6.20. The number of rotatable bonds is 8. The summed E-state index contributed by atoms with van der Waals surface area (Å²) in [4.78, 5) is 2.40. The zero-order valence-electron chi connectivity index (χ0n) is 10.9. The summed E-state index contributed by atoms with van der Waals surface area (Å²) in [5.74, 6) is 0. The van der Waals surface area contributed by atoms with Crippen molar-refractivity contribution in [3.8, 4) is 0 Å². The van der Waals surface area contributed by atoms with Gasteiger partial charge >= 0.3 is 0 Å². The second kappa shape index (κ2) is 7.28. The lowest BCUT2D eigenvalue weighted by Crippen LogP contribution is -2.19. The fourth-order valence-corrected chi connectivity index (χ4v) is 1.95. The van der Waals surface area contributed by atoms with Crippen LogP contribution in [0.5, 0.6) is 0 Å². The predicted molar refractivity (Wildman–Crippen MR) is 65.7 cm³/mol. The molecule has 0 spiro atoms. The van der Waals surface area contributed by atoms with Crippen LogP contribution in [0, 0.1) is 5.41 Å². The molecule has 0 amide bonds. The van der Waals surface area contributed by atoms with E-state index in [9.17, 15) is 0 Å². The second-order valence-electron chi connectivity index (χ2n) is 5.27. The van der Waals surface area contributed by atoms with Gasteiger partial charge in [0.15, 0.2) is 0 Å². The minimum absolute atomic E-state index is 0.569. The van der Waals surface area contributed by atoms with E-state index in [1.807, 2.05) is 0 Å². The van der Waals surface area contributed by atoms with Crippen LogP contribution in [0.25, 0.3) is 0 Å². The van der Waals surface area contributed by atoms with Crippen LogP contribution in [0.2, 0.25) is 0 Å². The van der Waals surface area contributed by atoms with Gasteiger partial charge in [0.2, 0.25) is 0 Å². The van der Waals surface area contributed by atoms with Crippen LogP contribution in [0.4, 0.5) is 0 Å². The van der Waals surface area contributed by atoms with Crippen molar-refractivity contribution in [3.63, 3.8) is 0 Å². The van der Waals surface area contributed by atoms with Gasteiger partial charge in [0.25, 0.3) is 0 Å². The van der Waals surface area contributed by atoms with E-state index in [0.29, 0.717) is 5.41 Å². The van der Waals surface area contributed by atoms with E-state index in [0.717, 1.165) is 0 Å². The van der Waals surface area contributed by atoms with Crippen molar-refractivity contribution in [2.75, 3.05) is 20.1 Å². The summed E-state index contributed by atoms with van der Waals surface area (Å²) in [6, 6.07) is 0. The highest BCUT2D eigenvalue weighted by atomic mass is 15.1. The summed E-state index contributed by atoms with van der Waals surface area (Å²) < 4.78 is 0. The maximum atomic E-state index is 2.40. The molecule has 0 N–H and O–H groups in total. The average Bonchev–Trinajstić information content (AvgIpc) is 2.12. The summed E-state index contributed by atoms with van der Waals surface area (Å²) in [5, 5.41) is 0. The third-order valence-electron chi connectivity index (χ3n) is 3.11.